The second kappa shape index (κ2) is 7.02. The maximum Gasteiger partial charge on any atom is 0.321 e. The molecule has 3 N–H and O–H groups in total. The van der Waals surface area contributed by atoms with Crippen molar-refractivity contribution >= 4 is 69.9 Å². The Morgan fingerprint density at radius 2 is 1.40 bits per heavy atom. The highest BCUT2D eigenvalue weighted by atomic mass is 35.5. The van der Waals surface area contributed by atoms with Crippen LogP contribution in [0.3, 0.4) is 0 Å². The molecule has 1 aromatic carbocycles. The van der Waals surface area contributed by atoms with Crippen LogP contribution in [0.5, 0.6) is 5.75 Å². The van der Waals surface area contributed by atoms with Gasteiger partial charge in [-0.05, 0) is 0 Å². The van der Waals surface area contributed by atoms with Gasteiger partial charge < -0.3 is 15.6 Å². The van der Waals surface area contributed by atoms with Gasteiger partial charge in [0.25, 0.3) is 0 Å². The molecule has 0 radical (unpaired) electrons. The van der Waals surface area contributed by atoms with Gasteiger partial charge >= 0.3 is 11.9 Å². The Hall–Kier alpha value is -0.430. The van der Waals surface area contributed by atoms with E-state index in [9.17, 15) is 9.59 Å². The summed E-state index contributed by atoms with van der Waals surface area (Å²) >= 11 is 29.0. The molecule has 1 unspecified atom stereocenters. The third-order valence-corrected chi connectivity index (χ3v) is 4.33. The maximum absolute atomic E-state index is 11.5. The smallest absolute Gasteiger partial charge is 0.321 e. The van der Waals surface area contributed by atoms with E-state index in [4.69, 9.17) is 73.6 Å². The standard InChI is InChI=1S/C10H6Cl5NO4/c11-4-5(12)7(14)9(8(15)6(4)13)20-3(17)1-2(16)10(18)19/h2H,1,16H2,(H,18,19). The Labute approximate surface area is 138 Å². The zero-order chi connectivity index (χ0) is 15.6. The van der Waals surface area contributed by atoms with Gasteiger partial charge in [0, 0.05) is 0 Å². The number of hydrogen-bond acceptors (Lipinski definition) is 4. The first kappa shape index (κ1) is 17.6. The molecule has 20 heavy (non-hydrogen) atoms. The molecule has 1 rings (SSSR count). The number of carboxylic acids is 1. The predicted octanol–water partition coefficient (Wildman–Crippen LogP) is 3.66. The Kier molecular flexibility index (Phi) is 6.19. The number of benzene rings is 1. The van der Waals surface area contributed by atoms with E-state index >= 15 is 0 Å². The second-order valence-corrected chi connectivity index (χ2v) is 5.41. The molecule has 0 aromatic heterocycles. The lowest BCUT2D eigenvalue weighted by Crippen LogP contribution is -2.33. The minimum atomic E-state index is -1.42. The predicted molar refractivity (Wildman–Crippen MR) is 77.4 cm³/mol. The minimum absolute atomic E-state index is 0.0923. The molecule has 0 fully saturated rings. The van der Waals surface area contributed by atoms with E-state index in [2.05, 4.69) is 0 Å². The molecular weight excluding hydrogens is 375 g/mol. The van der Waals surface area contributed by atoms with Crippen LogP contribution in [0.4, 0.5) is 0 Å². The van der Waals surface area contributed by atoms with Crippen LogP contribution in [0.1, 0.15) is 6.42 Å². The van der Waals surface area contributed by atoms with Crippen LogP contribution in [-0.2, 0) is 9.59 Å². The van der Waals surface area contributed by atoms with Gasteiger partial charge in [-0.1, -0.05) is 58.0 Å². The van der Waals surface area contributed by atoms with Crippen molar-refractivity contribution in [1.82, 2.24) is 0 Å². The van der Waals surface area contributed by atoms with Crippen molar-refractivity contribution in [3.63, 3.8) is 0 Å². The molecule has 0 saturated heterocycles. The quantitative estimate of drug-likeness (QED) is 0.360. The Bertz CT molecular complexity index is 548. The number of ether oxygens (including phenoxy) is 1. The lowest BCUT2D eigenvalue weighted by atomic mass is 10.2. The van der Waals surface area contributed by atoms with Crippen molar-refractivity contribution in [2.45, 2.75) is 12.5 Å². The highest BCUT2D eigenvalue weighted by Gasteiger charge is 2.24. The van der Waals surface area contributed by atoms with Crippen molar-refractivity contribution in [2.24, 2.45) is 5.73 Å². The van der Waals surface area contributed by atoms with Crippen LogP contribution in [-0.4, -0.2) is 23.1 Å². The average Bonchev–Trinajstić information content (AvgIpc) is 2.39. The van der Waals surface area contributed by atoms with Crippen LogP contribution in [0, 0.1) is 0 Å². The zero-order valence-corrected chi connectivity index (χ0v) is 13.2. The fraction of sp³-hybridized carbons (Fsp3) is 0.200. The number of aliphatic carboxylic acids is 1. The SMILES string of the molecule is NC(CC(=O)Oc1c(Cl)c(Cl)c(Cl)c(Cl)c1Cl)C(=O)O. The van der Waals surface area contributed by atoms with Crippen LogP contribution < -0.4 is 10.5 Å². The summed E-state index contributed by atoms with van der Waals surface area (Å²) < 4.78 is 4.84. The topological polar surface area (TPSA) is 89.6 Å². The van der Waals surface area contributed by atoms with Gasteiger partial charge in [-0.25, -0.2) is 0 Å². The first-order valence-electron chi connectivity index (χ1n) is 4.87. The average molecular weight is 381 g/mol. The minimum Gasteiger partial charge on any atom is -0.480 e. The van der Waals surface area contributed by atoms with E-state index in [1.54, 1.807) is 0 Å². The molecule has 0 heterocycles. The molecule has 10 heteroatoms. The summed E-state index contributed by atoms with van der Waals surface area (Å²) in [5.41, 5.74) is 5.19. The van der Waals surface area contributed by atoms with Crippen LogP contribution in [0.25, 0.3) is 0 Å². The molecule has 0 saturated carbocycles. The summed E-state index contributed by atoms with van der Waals surface area (Å²) in [7, 11) is 0. The normalized spacial score (nSPS) is 12.1. The fourth-order valence-electron chi connectivity index (χ4n) is 1.10. The largest absolute Gasteiger partial charge is 0.480 e. The van der Waals surface area contributed by atoms with Crippen molar-refractivity contribution in [2.75, 3.05) is 0 Å². The second-order valence-electron chi connectivity index (χ2n) is 3.52. The van der Waals surface area contributed by atoms with E-state index in [-0.39, 0.29) is 30.9 Å². The lowest BCUT2D eigenvalue weighted by Gasteiger charge is -2.13. The molecule has 110 valence electrons. The number of esters is 1. The molecule has 0 aliphatic heterocycles. The monoisotopic (exact) mass is 379 g/mol. The molecule has 5 nitrogen and oxygen atoms in total. The van der Waals surface area contributed by atoms with E-state index in [1.807, 2.05) is 0 Å². The van der Waals surface area contributed by atoms with E-state index in [0.29, 0.717) is 0 Å². The number of halogens is 5. The Morgan fingerprint density at radius 1 is 1.00 bits per heavy atom. The van der Waals surface area contributed by atoms with E-state index < -0.39 is 24.4 Å². The number of rotatable bonds is 4. The summed E-state index contributed by atoms with van der Waals surface area (Å²) in [4.78, 5) is 22.1. The van der Waals surface area contributed by atoms with E-state index in [0.717, 1.165) is 0 Å². The number of carbonyl (C=O) groups is 2. The lowest BCUT2D eigenvalue weighted by molar-refractivity contribution is -0.143. The van der Waals surface area contributed by atoms with Crippen LogP contribution in [0.2, 0.25) is 25.1 Å². The Balaban J connectivity index is 3.05. The zero-order valence-electron chi connectivity index (χ0n) is 9.42. The van der Waals surface area contributed by atoms with Gasteiger partial charge in [-0.3, -0.25) is 9.59 Å². The summed E-state index contributed by atoms with van der Waals surface area (Å²) in [5.74, 6) is -2.63. The molecule has 0 bridgehead atoms. The van der Waals surface area contributed by atoms with E-state index in [1.165, 1.54) is 0 Å². The van der Waals surface area contributed by atoms with Gasteiger partial charge in [0.05, 0.1) is 21.5 Å². The molecular formula is C10H6Cl5NO4. The van der Waals surface area contributed by atoms with Gasteiger partial charge in [-0.15, -0.1) is 0 Å². The van der Waals surface area contributed by atoms with Crippen molar-refractivity contribution in [3.8, 4) is 5.75 Å². The first-order valence-corrected chi connectivity index (χ1v) is 6.76. The third-order valence-electron chi connectivity index (χ3n) is 2.09. The summed E-state index contributed by atoms with van der Waals surface area (Å²) in [6.07, 6.45) is -0.583. The number of hydrogen-bond donors (Lipinski definition) is 2. The van der Waals surface area contributed by atoms with Crippen LogP contribution >= 0.6 is 58.0 Å². The van der Waals surface area contributed by atoms with Crippen molar-refractivity contribution < 1.29 is 19.4 Å². The van der Waals surface area contributed by atoms with Gasteiger partial charge in [0.2, 0.25) is 0 Å². The van der Waals surface area contributed by atoms with Crippen molar-refractivity contribution in [3.05, 3.63) is 25.1 Å². The molecule has 1 aromatic rings. The molecule has 0 aliphatic carbocycles. The number of carbonyl (C=O) groups excluding carboxylic acids is 1. The first-order chi connectivity index (χ1) is 9.16. The van der Waals surface area contributed by atoms with Gasteiger partial charge in [0.15, 0.2) is 5.75 Å². The van der Waals surface area contributed by atoms with Gasteiger partial charge in [-0.2, -0.15) is 0 Å². The molecule has 0 amide bonds. The summed E-state index contributed by atoms with van der Waals surface area (Å²) in [6.45, 7) is 0. The summed E-state index contributed by atoms with van der Waals surface area (Å²) in [6, 6.07) is -1.42. The number of carboxylic acid groups (broad SMARTS) is 1. The highest BCUT2D eigenvalue weighted by Crippen LogP contribution is 2.48. The maximum atomic E-state index is 11.5. The third kappa shape index (κ3) is 3.81. The number of nitrogens with two attached hydrogens (primary N) is 1. The van der Waals surface area contributed by atoms with Gasteiger partial charge in [0.1, 0.15) is 16.1 Å². The van der Waals surface area contributed by atoms with Crippen LogP contribution in [0.15, 0.2) is 0 Å². The summed E-state index contributed by atoms with van der Waals surface area (Å²) in [5, 5.41) is 7.77. The molecule has 1 atom stereocenters. The Morgan fingerprint density at radius 3 is 1.80 bits per heavy atom. The fourth-order valence-corrected chi connectivity index (χ4v) is 2.29. The highest BCUT2D eigenvalue weighted by molar-refractivity contribution is 6.55. The molecule has 0 spiro atoms. The van der Waals surface area contributed by atoms with Crippen molar-refractivity contribution in [1.29, 1.82) is 0 Å². The molecule has 0 aliphatic rings.